The maximum atomic E-state index is 5.42. The molecule has 2 N–H and O–H groups in total. The number of nitrogens with one attached hydrogen (secondary N) is 2. The van der Waals surface area contributed by atoms with E-state index < -0.39 is 0 Å². The topological polar surface area (TPSA) is 59.1 Å². The lowest BCUT2D eigenvalue weighted by Gasteiger charge is -2.19. The zero-order valence-electron chi connectivity index (χ0n) is 12.4. The zero-order chi connectivity index (χ0) is 13.9. The van der Waals surface area contributed by atoms with Crippen LogP contribution in [0.5, 0.6) is 0 Å². The SMILES string of the molecule is CCOCc1nc(NC)cc(NC(C2CC2)C2CC2)n1. The van der Waals surface area contributed by atoms with Crippen LogP contribution in [0.25, 0.3) is 0 Å². The number of ether oxygens (including phenoxy) is 1. The third kappa shape index (κ3) is 3.39. The minimum Gasteiger partial charge on any atom is -0.374 e. The van der Waals surface area contributed by atoms with Gasteiger partial charge in [-0.3, -0.25) is 0 Å². The highest BCUT2D eigenvalue weighted by molar-refractivity contribution is 5.48. The first-order valence-electron chi connectivity index (χ1n) is 7.70. The minimum absolute atomic E-state index is 0.470. The summed E-state index contributed by atoms with van der Waals surface area (Å²) in [6.07, 6.45) is 5.46. The standard InChI is InChI=1S/C15H24N4O/c1-3-20-9-14-17-12(16-2)8-13(18-14)19-15(10-4-5-10)11-6-7-11/h8,10-11,15H,3-7,9H2,1-2H3,(H2,16,17,18,19). The number of nitrogens with zero attached hydrogens (tertiary/aromatic N) is 2. The van der Waals surface area contributed by atoms with E-state index in [0.717, 1.165) is 29.3 Å². The van der Waals surface area contributed by atoms with Gasteiger partial charge in [-0.1, -0.05) is 0 Å². The van der Waals surface area contributed by atoms with Gasteiger partial charge in [0.05, 0.1) is 0 Å². The molecule has 0 radical (unpaired) electrons. The van der Waals surface area contributed by atoms with Crippen molar-refractivity contribution in [3.63, 3.8) is 0 Å². The average Bonchev–Trinajstić information content (AvgIpc) is 3.35. The smallest absolute Gasteiger partial charge is 0.158 e. The van der Waals surface area contributed by atoms with Crippen LogP contribution in [-0.2, 0) is 11.3 Å². The Morgan fingerprint density at radius 3 is 2.40 bits per heavy atom. The Morgan fingerprint density at radius 2 is 1.85 bits per heavy atom. The fourth-order valence-electron chi connectivity index (χ4n) is 2.66. The summed E-state index contributed by atoms with van der Waals surface area (Å²) in [6.45, 7) is 3.14. The van der Waals surface area contributed by atoms with Crippen molar-refractivity contribution in [2.24, 2.45) is 11.8 Å². The fraction of sp³-hybridized carbons (Fsp3) is 0.733. The highest BCUT2D eigenvalue weighted by Crippen LogP contribution is 2.45. The second-order valence-corrected chi connectivity index (χ2v) is 5.79. The molecule has 5 nitrogen and oxygen atoms in total. The quantitative estimate of drug-likeness (QED) is 0.764. The summed E-state index contributed by atoms with van der Waals surface area (Å²) in [6, 6.07) is 2.60. The molecule has 0 aromatic carbocycles. The molecule has 1 heterocycles. The third-order valence-corrected chi connectivity index (χ3v) is 4.04. The summed E-state index contributed by atoms with van der Waals surface area (Å²) < 4.78 is 5.42. The Morgan fingerprint density at radius 1 is 1.20 bits per heavy atom. The van der Waals surface area contributed by atoms with E-state index in [0.29, 0.717) is 19.3 Å². The van der Waals surface area contributed by atoms with Gasteiger partial charge in [-0.15, -0.1) is 0 Å². The van der Waals surface area contributed by atoms with Crippen molar-refractivity contribution in [2.45, 2.75) is 45.3 Å². The Balaban J connectivity index is 1.72. The van der Waals surface area contributed by atoms with E-state index in [1.807, 2.05) is 20.0 Å². The van der Waals surface area contributed by atoms with Crippen LogP contribution in [0.2, 0.25) is 0 Å². The van der Waals surface area contributed by atoms with E-state index in [4.69, 9.17) is 4.74 Å². The molecular formula is C15H24N4O. The molecule has 0 atom stereocenters. The monoisotopic (exact) mass is 276 g/mol. The molecule has 1 aromatic heterocycles. The van der Waals surface area contributed by atoms with Crippen LogP contribution in [-0.4, -0.2) is 29.7 Å². The lowest BCUT2D eigenvalue weighted by molar-refractivity contribution is 0.128. The number of aromatic nitrogens is 2. The van der Waals surface area contributed by atoms with Crippen LogP contribution >= 0.6 is 0 Å². The Kier molecular flexibility index (Phi) is 4.05. The van der Waals surface area contributed by atoms with E-state index in [1.54, 1.807) is 0 Å². The number of rotatable bonds is 8. The van der Waals surface area contributed by atoms with Gasteiger partial charge in [0.15, 0.2) is 5.82 Å². The average molecular weight is 276 g/mol. The van der Waals surface area contributed by atoms with E-state index in [1.165, 1.54) is 25.7 Å². The van der Waals surface area contributed by atoms with Gasteiger partial charge in [0.25, 0.3) is 0 Å². The van der Waals surface area contributed by atoms with Crippen LogP contribution in [0.15, 0.2) is 6.07 Å². The minimum atomic E-state index is 0.470. The predicted octanol–water partition coefficient (Wildman–Crippen LogP) is 2.66. The number of anilines is 2. The number of hydrogen-bond acceptors (Lipinski definition) is 5. The summed E-state index contributed by atoms with van der Waals surface area (Å²) in [5.41, 5.74) is 0. The highest BCUT2D eigenvalue weighted by atomic mass is 16.5. The first-order chi connectivity index (χ1) is 9.80. The molecule has 0 spiro atoms. The van der Waals surface area contributed by atoms with Crippen molar-refractivity contribution in [1.82, 2.24) is 9.97 Å². The van der Waals surface area contributed by atoms with Crippen molar-refractivity contribution in [3.8, 4) is 0 Å². The first-order valence-corrected chi connectivity index (χ1v) is 7.70. The molecule has 2 fully saturated rings. The molecule has 1 aromatic rings. The molecule has 2 aliphatic carbocycles. The van der Waals surface area contributed by atoms with Crippen LogP contribution in [0, 0.1) is 11.8 Å². The summed E-state index contributed by atoms with van der Waals surface area (Å²) in [4.78, 5) is 9.02. The molecular weight excluding hydrogens is 252 g/mol. The molecule has 0 amide bonds. The highest BCUT2D eigenvalue weighted by Gasteiger charge is 2.41. The Labute approximate surface area is 120 Å². The molecule has 0 saturated heterocycles. The van der Waals surface area contributed by atoms with Crippen molar-refractivity contribution in [3.05, 3.63) is 11.9 Å². The molecule has 2 aliphatic rings. The fourth-order valence-corrected chi connectivity index (χ4v) is 2.66. The van der Waals surface area contributed by atoms with Gasteiger partial charge in [-0.25, -0.2) is 9.97 Å². The summed E-state index contributed by atoms with van der Waals surface area (Å²) in [7, 11) is 1.88. The van der Waals surface area contributed by atoms with Crippen molar-refractivity contribution in [2.75, 3.05) is 24.3 Å². The van der Waals surface area contributed by atoms with Gasteiger partial charge in [0.2, 0.25) is 0 Å². The Hall–Kier alpha value is -1.36. The summed E-state index contributed by atoms with van der Waals surface area (Å²) in [5, 5.41) is 6.75. The third-order valence-electron chi connectivity index (χ3n) is 4.04. The van der Waals surface area contributed by atoms with E-state index >= 15 is 0 Å². The molecule has 2 saturated carbocycles. The largest absolute Gasteiger partial charge is 0.374 e. The zero-order valence-corrected chi connectivity index (χ0v) is 12.4. The summed E-state index contributed by atoms with van der Waals surface area (Å²) in [5.74, 6) is 4.23. The van der Waals surface area contributed by atoms with Gasteiger partial charge in [0, 0.05) is 25.8 Å². The van der Waals surface area contributed by atoms with E-state index in [9.17, 15) is 0 Å². The maximum Gasteiger partial charge on any atom is 0.158 e. The maximum absolute atomic E-state index is 5.42. The molecule has 110 valence electrons. The molecule has 0 bridgehead atoms. The molecule has 0 unspecified atom stereocenters. The summed E-state index contributed by atoms with van der Waals surface area (Å²) >= 11 is 0. The lowest BCUT2D eigenvalue weighted by Crippen LogP contribution is -2.25. The molecule has 3 rings (SSSR count). The van der Waals surface area contributed by atoms with Gasteiger partial charge in [-0.05, 0) is 44.4 Å². The molecule has 20 heavy (non-hydrogen) atoms. The van der Waals surface area contributed by atoms with Crippen molar-refractivity contribution < 1.29 is 4.74 Å². The van der Waals surface area contributed by atoms with Crippen LogP contribution in [0.1, 0.15) is 38.4 Å². The number of hydrogen-bond donors (Lipinski definition) is 2. The van der Waals surface area contributed by atoms with Gasteiger partial charge in [-0.2, -0.15) is 0 Å². The van der Waals surface area contributed by atoms with Gasteiger partial charge >= 0.3 is 0 Å². The van der Waals surface area contributed by atoms with Gasteiger partial charge in [0.1, 0.15) is 18.2 Å². The molecule has 5 heteroatoms. The second kappa shape index (κ2) is 5.95. The second-order valence-electron chi connectivity index (χ2n) is 5.79. The normalized spacial score (nSPS) is 18.4. The predicted molar refractivity (Wildman–Crippen MR) is 79.8 cm³/mol. The van der Waals surface area contributed by atoms with Crippen molar-refractivity contribution >= 4 is 11.6 Å². The first kappa shape index (κ1) is 13.6. The lowest BCUT2D eigenvalue weighted by atomic mass is 10.1. The van der Waals surface area contributed by atoms with Crippen LogP contribution < -0.4 is 10.6 Å². The van der Waals surface area contributed by atoms with E-state index in [-0.39, 0.29) is 0 Å². The van der Waals surface area contributed by atoms with E-state index in [2.05, 4.69) is 20.6 Å². The Bertz CT molecular complexity index is 445. The van der Waals surface area contributed by atoms with Gasteiger partial charge < -0.3 is 15.4 Å². The molecule has 0 aliphatic heterocycles. The van der Waals surface area contributed by atoms with Crippen LogP contribution in [0.4, 0.5) is 11.6 Å². The van der Waals surface area contributed by atoms with Crippen LogP contribution in [0.3, 0.4) is 0 Å². The van der Waals surface area contributed by atoms with Crippen molar-refractivity contribution in [1.29, 1.82) is 0 Å².